The Morgan fingerprint density at radius 3 is 2.44 bits per heavy atom. The minimum absolute atomic E-state index is 0.00440. The first kappa shape index (κ1) is 24.5. The molecule has 1 spiro atoms. The van der Waals surface area contributed by atoms with E-state index in [2.05, 4.69) is 54.4 Å². The van der Waals surface area contributed by atoms with Crippen molar-refractivity contribution in [3.63, 3.8) is 0 Å². The van der Waals surface area contributed by atoms with E-state index in [0.29, 0.717) is 31.7 Å². The van der Waals surface area contributed by atoms with Crippen molar-refractivity contribution in [1.29, 1.82) is 0 Å². The van der Waals surface area contributed by atoms with Crippen molar-refractivity contribution in [2.45, 2.75) is 77.4 Å². The van der Waals surface area contributed by atoms with E-state index in [9.17, 15) is 9.59 Å². The number of unbranched alkanes of at least 4 members (excludes halogenated alkanes) is 1. The quantitative estimate of drug-likeness (QED) is 0.560. The predicted molar refractivity (Wildman–Crippen MR) is 133 cm³/mol. The molecule has 34 heavy (non-hydrogen) atoms. The molecule has 2 fully saturated rings. The summed E-state index contributed by atoms with van der Waals surface area (Å²) >= 11 is 0. The van der Waals surface area contributed by atoms with Gasteiger partial charge in [0.15, 0.2) is 0 Å². The minimum Gasteiger partial charge on any atom is -0.464 e. The van der Waals surface area contributed by atoms with Crippen molar-refractivity contribution < 1.29 is 14.0 Å². The normalized spacial score (nSPS) is 20.8. The molecule has 2 saturated heterocycles. The maximum absolute atomic E-state index is 13.6. The summed E-state index contributed by atoms with van der Waals surface area (Å²) in [5, 5.41) is 3.09. The van der Waals surface area contributed by atoms with Crippen LogP contribution >= 0.6 is 0 Å². The Balaban J connectivity index is 1.39. The Morgan fingerprint density at radius 2 is 1.79 bits per heavy atom. The second-order valence-electron chi connectivity index (χ2n) is 10.4. The van der Waals surface area contributed by atoms with Gasteiger partial charge < -0.3 is 19.5 Å². The Kier molecular flexibility index (Phi) is 7.77. The molecule has 1 N–H and O–H groups in total. The number of nitrogens with zero attached hydrogens (tertiary/aromatic N) is 2. The van der Waals surface area contributed by atoms with Gasteiger partial charge in [-0.15, -0.1) is 0 Å². The van der Waals surface area contributed by atoms with E-state index in [-0.39, 0.29) is 11.8 Å². The number of carbonyl (C=O) groups excluding carboxylic acids is 2. The second-order valence-corrected chi connectivity index (χ2v) is 10.4. The number of aryl methyl sites for hydroxylation is 2. The van der Waals surface area contributed by atoms with Crippen LogP contribution in [0.15, 0.2) is 46.9 Å². The first-order valence-corrected chi connectivity index (χ1v) is 12.8. The Labute approximate surface area is 203 Å². The third-order valence-electron chi connectivity index (χ3n) is 7.34. The van der Waals surface area contributed by atoms with Crippen LogP contribution < -0.4 is 5.32 Å². The molecule has 0 aliphatic carbocycles. The number of furan rings is 1. The molecule has 1 atom stereocenters. The Morgan fingerprint density at radius 1 is 1.06 bits per heavy atom. The van der Waals surface area contributed by atoms with Gasteiger partial charge in [-0.2, -0.15) is 0 Å². The van der Waals surface area contributed by atoms with Gasteiger partial charge in [-0.3, -0.25) is 9.59 Å². The fourth-order valence-electron chi connectivity index (χ4n) is 5.42. The van der Waals surface area contributed by atoms with Gasteiger partial charge in [-0.25, -0.2) is 0 Å². The number of likely N-dealkylation sites (tertiary alicyclic amines) is 1. The van der Waals surface area contributed by atoms with Gasteiger partial charge in [0.25, 0.3) is 0 Å². The van der Waals surface area contributed by atoms with Gasteiger partial charge in [0.2, 0.25) is 11.8 Å². The molecular formula is C28H39N3O3. The standard InChI is InChI=1S/C28H39N3O3/c1-21(2)19-25-26(32)31(20-24-13-12-22(3)34-24)28(27(33)29-25)14-17-30(18-15-28)16-8-7-11-23-9-5-4-6-10-23/h4-6,9-10,12-13,21,25H,7-8,11,14-20H2,1-3H3,(H,29,33)/t25-/m0/s1. The first-order chi connectivity index (χ1) is 16.4. The highest BCUT2D eigenvalue weighted by Gasteiger charge is 2.53. The monoisotopic (exact) mass is 465 g/mol. The molecule has 0 bridgehead atoms. The maximum Gasteiger partial charge on any atom is 0.246 e. The molecule has 2 aliphatic heterocycles. The highest BCUT2D eigenvalue weighted by molar-refractivity contribution is 6.00. The molecule has 6 nitrogen and oxygen atoms in total. The summed E-state index contributed by atoms with van der Waals surface area (Å²) in [6, 6.07) is 14.0. The van der Waals surface area contributed by atoms with E-state index in [4.69, 9.17) is 4.42 Å². The third kappa shape index (κ3) is 5.54. The lowest BCUT2D eigenvalue weighted by molar-refractivity contribution is -0.163. The number of hydrogen-bond donors (Lipinski definition) is 1. The van der Waals surface area contributed by atoms with Crippen LogP contribution in [-0.4, -0.2) is 52.8 Å². The molecule has 3 heterocycles. The van der Waals surface area contributed by atoms with E-state index in [0.717, 1.165) is 50.4 Å². The van der Waals surface area contributed by atoms with Crippen LogP contribution in [0.3, 0.4) is 0 Å². The van der Waals surface area contributed by atoms with Gasteiger partial charge in [0, 0.05) is 13.1 Å². The zero-order valence-corrected chi connectivity index (χ0v) is 20.9. The van der Waals surface area contributed by atoms with Crippen LogP contribution in [0, 0.1) is 12.8 Å². The average molecular weight is 466 g/mol. The molecule has 0 saturated carbocycles. The van der Waals surface area contributed by atoms with E-state index < -0.39 is 11.6 Å². The largest absolute Gasteiger partial charge is 0.464 e. The van der Waals surface area contributed by atoms with Crippen LogP contribution in [-0.2, 0) is 22.6 Å². The zero-order chi connectivity index (χ0) is 24.1. The van der Waals surface area contributed by atoms with E-state index in [1.165, 1.54) is 5.56 Å². The van der Waals surface area contributed by atoms with Gasteiger partial charge >= 0.3 is 0 Å². The summed E-state index contributed by atoms with van der Waals surface area (Å²) in [7, 11) is 0. The van der Waals surface area contributed by atoms with Crippen molar-refractivity contribution in [3.8, 4) is 0 Å². The molecule has 2 amide bonds. The molecule has 184 valence electrons. The average Bonchev–Trinajstić information content (AvgIpc) is 3.24. The molecular weight excluding hydrogens is 426 g/mol. The van der Waals surface area contributed by atoms with Crippen LogP contribution in [0.25, 0.3) is 0 Å². The highest BCUT2D eigenvalue weighted by Crippen LogP contribution is 2.35. The topological polar surface area (TPSA) is 65.8 Å². The Bertz CT molecular complexity index is 960. The number of nitrogens with one attached hydrogen (secondary N) is 1. The number of piperazine rings is 1. The van der Waals surface area contributed by atoms with E-state index in [1.807, 2.05) is 24.0 Å². The van der Waals surface area contributed by atoms with Crippen molar-refractivity contribution >= 4 is 11.8 Å². The van der Waals surface area contributed by atoms with Crippen molar-refractivity contribution in [3.05, 3.63) is 59.5 Å². The Hall–Kier alpha value is -2.60. The summed E-state index contributed by atoms with van der Waals surface area (Å²) in [6.07, 6.45) is 5.38. The summed E-state index contributed by atoms with van der Waals surface area (Å²) in [6.45, 7) is 9.11. The van der Waals surface area contributed by atoms with Crippen molar-refractivity contribution in [1.82, 2.24) is 15.1 Å². The van der Waals surface area contributed by atoms with Crippen molar-refractivity contribution in [2.75, 3.05) is 19.6 Å². The summed E-state index contributed by atoms with van der Waals surface area (Å²) in [5.74, 6) is 1.92. The lowest BCUT2D eigenvalue weighted by atomic mass is 9.80. The SMILES string of the molecule is Cc1ccc(CN2C(=O)[C@H](CC(C)C)NC(=O)C23CCN(CCCCc2ccccc2)CC3)o1. The molecule has 1 aromatic carbocycles. The lowest BCUT2D eigenvalue weighted by Crippen LogP contribution is -2.72. The van der Waals surface area contributed by atoms with Crippen LogP contribution in [0.5, 0.6) is 0 Å². The van der Waals surface area contributed by atoms with E-state index >= 15 is 0 Å². The fraction of sp³-hybridized carbons (Fsp3) is 0.571. The van der Waals surface area contributed by atoms with Crippen LogP contribution in [0.4, 0.5) is 0 Å². The fourth-order valence-corrected chi connectivity index (χ4v) is 5.42. The molecule has 4 rings (SSSR count). The van der Waals surface area contributed by atoms with Gasteiger partial charge in [-0.1, -0.05) is 44.2 Å². The molecule has 0 unspecified atom stereocenters. The van der Waals surface area contributed by atoms with Crippen LogP contribution in [0.1, 0.15) is 63.0 Å². The molecule has 2 aromatic rings. The number of hydrogen-bond acceptors (Lipinski definition) is 4. The minimum atomic E-state index is -0.786. The number of amides is 2. The number of piperidine rings is 1. The molecule has 1 aromatic heterocycles. The molecule has 2 aliphatic rings. The maximum atomic E-state index is 13.6. The zero-order valence-electron chi connectivity index (χ0n) is 20.9. The van der Waals surface area contributed by atoms with E-state index in [1.54, 1.807) is 0 Å². The van der Waals surface area contributed by atoms with Gasteiger partial charge in [0.05, 0.1) is 6.54 Å². The second kappa shape index (κ2) is 10.8. The number of rotatable bonds is 9. The smallest absolute Gasteiger partial charge is 0.246 e. The third-order valence-corrected chi connectivity index (χ3v) is 7.34. The predicted octanol–water partition coefficient (Wildman–Crippen LogP) is 4.32. The van der Waals surface area contributed by atoms with Gasteiger partial charge in [0.1, 0.15) is 23.1 Å². The number of carbonyl (C=O) groups is 2. The van der Waals surface area contributed by atoms with Crippen LogP contribution in [0.2, 0.25) is 0 Å². The molecule has 6 heteroatoms. The first-order valence-electron chi connectivity index (χ1n) is 12.8. The molecule has 0 radical (unpaired) electrons. The number of benzene rings is 1. The highest BCUT2D eigenvalue weighted by atomic mass is 16.3. The van der Waals surface area contributed by atoms with Gasteiger partial charge in [-0.05, 0) is 75.6 Å². The summed E-state index contributed by atoms with van der Waals surface area (Å²) < 4.78 is 5.81. The summed E-state index contributed by atoms with van der Waals surface area (Å²) in [5.41, 5.74) is 0.600. The van der Waals surface area contributed by atoms with Crippen molar-refractivity contribution in [2.24, 2.45) is 5.92 Å². The summed E-state index contributed by atoms with van der Waals surface area (Å²) in [4.78, 5) is 31.3. The lowest BCUT2D eigenvalue weighted by Gasteiger charge is -2.51.